The van der Waals surface area contributed by atoms with Gasteiger partial charge in [0.25, 0.3) is 5.92 Å². The van der Waals surface area contributed by atoms with Crippen molar-refractivity contribution < 1.29 is 8.78 Å². The van der Waals surface area contributed by atoms with Gasteiger partial charge in [0, 0.05) is 22.6 Å². The second kappa shape index (κ2) is 1.84. The van der Waals surface area contributed by atoms with Crippen molar-refractivity contribution in [2.75, 3.05) is 0 Å². The molecule has 1 aliphatic carbocycles. The van der Waals surface area contributed by atoms with Gasteiger partial charge < -0.3 is 0 Å². The maximum absolute atomic E-state index is 12.8. The van der Waals surface area contributed by atoms with E-state index in [0.29, 0.717) is 0 Å². The van der Waals surface area contributed by atoms with Gasteiger partial charge in [-0.25, -0.2) is 0 Å². The minimum absolute atomic E-state index is 0.253. The zero-order chi connectivity index (χ0) is 8.34. The molecule has 0 saturated carbocycles. The Hall–Kier alpha value is -0.570. The van der Waals surface area contributed by atoms with Crippen molar-refractivity contribution in [1.82, 2.24) is 0 Å². The van der Waals surface area contributed by atoms with Crippen LogP contribution >= 0.6 is 11.8 Å². The lowest BCUT2D eigenvalue weighted by atomic mass is 10.1. The summed E-state index contributed by atoms with van der Waals surface area (Å²) < 4.78 is 25.7. The molecule has 0 aromatic heterocycles. The van der Waals surface area contributed by atoms with E-state index in [-0.39, 0.29) is 11.1 Å². The Morgan fingerprint density at radius 1 is 1.08 bits per heavy atom. The predicted octanol–water partition coefficient (Wildman–Crippen LogP) is 2.89. The molecule has 62 valence electrons. The van der Waals surface area contributed by atoms with E-state index < -0.39 is 5.92 Å². The third-order valence-corrected chi connectivity index (χ3v) is 3.50. The summed E-state index contributed by atoms with van der Waals surface area (Å²) in [6.45, 7) is 0. The van der Waals surface area contributed by atoms with E-state index in [1.807, 2.05) is 0 Å². The highest BCUT2D eigenvalue weighted by atomic mass is 32.2. The molecule has 0 atom stereocenters. The molecule has 1 aromatic rings. The van der Waals surface area contributed by atoms with Crippen molar-refractivity contribution in [3.05, 3.63) is 34.4 Å². The van der Waals surface area contributed by atoms with E-state index in [1.54, 1.807) is 23.9 Å². The Kier molecular flexibility index (Phi) is 1.06. The molecule has 0 spiro atoms. The summed E-state index contributed by atoms with van der Waals surface area (Å²) in [4.78, 5) is 0. The van der Waals surface area contributed by atoms with Crippen molar-refractivity contribution in [2.45, 2.75) is 17.4 Å². The molecule has 0 amide bonds. The molecule has 0 radical (unpaired) electrons. The Labute approximate surface area is 73.0 Å². The molecule has 3 rings (SSSR count). The van der Waals surface area contributed by atoms with Gasteiger partial charge in [-0.3, -0.25) is 0 Å². The monoisotopic (exact) mass is 184 g/mol. The second-order valence-electron chi connectivity index (χ2n) is 3.23. The van der Waals surface area contributed by atoms with Crippen LogP contribution in [-0.4, -0.2) is 0 Å². The van der Waals surface area contributed by atoms with Gasteiger partial charge in [-0.1, -0.05) is 0 Å². The number of thioether (sulfide) groups is 1. The van der Waals surface area contributed by atoms with Gasteiger partial charge in [-0.15, -0.1) is 0 Å². The van der Waals surface area contributed by atoms with Crippen LogP contribution in [0.5, 0.6) is 0 Å². The highest BCUT2D eigenvalue weighted by Crippen LogP contribution is 2.54. The first-order chi connectivity index (χ1) is 5.69. The van der Waals surface area contributed by atoms with Gasteiger partial charge in [-0.05, 0) is 23.3 Å². The third kappa shape index (κ3) is 0.678. The van der Waals surface area contributed by atoms with Crippen LogP contribution < -0.4 is 0 Å². The molecular weight excluding hydrogens is 178 g/mol. The highest BCUT2D eigenvalue weighted by molar-refractivity contribution is 7.98. The summed E-state index contributed by atoms with van der Waals surface area (Å²) in [5.74, 6) is -0.785. The minimum atomic E-state index is -2.59. The molecule has 0 bridgehead atoms. The average molecular weight is 184 g/mol. The maximum Gasteiger partial charge on any atom is 0.299 e. The number of alkyl halides is 2. The number of hydrogen-bond acceptors (Lipinski definition) is 1. The maximum atomic E-state index is 12.8. The van der Waals surface area contributed by atoms with Crippen LogP contribution in [0, 0.1) is 0 Å². The smallest absolute Gasteiger partial charge is 0.196 e. The number of hydrogen-bond donors (Lipinski definition) is 0. The average Bonchev–Trinajstić information content (AvgIpc) is 2.50. The highest BCUT2D eigenvalue weighted by Gasteiger charge is 2.53. The standard InChI is InChI=1S/C9H6F2S/c10-9(11)7-1-5-3-12-4-6(5)2-8(7)9/h1-2H,3-4H2. The van der Waals surface area contributed by atoms with Crippen LogP contribution in [0.2, 0.25) is 0 Å². The lowest BCUT2D eigenvalue weighted by Gasteiger charge is -1.90. The Bertz CT molecular complexity index is 338. The van der Waals surface area contributed by atoms with Gasteiger partial charge in [-0.2, -0.15) is 20.5 Å². The SMILES string of the molecule is FC1(F)c2cc3c(cc21)CSC3. The molecule has 0 saturated heterocycles. The Morgan fingerprint density at radius 3 is 2.08 bits per heavy atom. The van der Waals surface area contributed by atoms with Crippen LogP contribution in [0.1, 0.15) is 22.3 Å². The fraction of sp³-hybridized carbons (Fsp3) is 0.333. The van der Waals surface area contributed by atoms with Crippen molar-refractivity contribution in [2.24, 2.45) is 0 Å². The van der Waals surface area contributed by atoms with E-state index in [9.17, 15) is 8.78 Å². The van der Waals surface area contributed by atoms with E-state index in [1.165, 1.54) is 0 Å². The normalized spacial score (nSPS) is 21.8. The van der Waals surface area contributed by atoms with Gasteiger partial charge in [0.1, 0.15) is 0 Å². The molecule has 1 aliphatic heterocycles. The number of benzene rings is 1. The largest absolute Gasteiger partial charge is 0.299 e. The topological polar surface area (TPSA) is 0 Å². The van der Waals surface area contributed by atoms with Crippen LogP contribution in [0.3, 0.4) is 0 Å². The zero-order valence-electron chi connectivity index (χ0n) is 6.23. The molecule has 0 unspecified atom stereocenters. The molecule has 1 aromatic carbocycles. The van der Waals surface area contributed by atoms with Crippen molar-refractivity contribution in [3.63, 3.8) is 0 Å². The molecule has 0 nitrogen and oxygen atoms in total. The second-order valence-corrected chi connectivity index (χ2v) is 4.22. The summed E-state index contributed by atoms with van der Waals surface area (Å²) >= 11 is 1.79. The first-order valence-electron chi connectivity index (χ1n) is 3.82. The van der Waals surface area contributed by atoms with E-state index in [4.69, 9.17) is 0 Å². The van der Waals surface area contributed by atoms with E-state index in [0.717, 1.165) is 22.6 Å². The van der Waals surface area contributed by atoms with Gasteiger partial charge in [0.15, 0.2) is 0 Å². The van der Waals surface area contributed by atoms with Crippen LogP contribution in [-0.2, 0) is 17.4 Å². The predicted molar refractivity (Wildman–Crippen MR) is 44.4 cm³/mol. The van der Waals surface area contributed by atoms with Crippen molar-refractivity contribution in [1.29, 1.82) is 0 Å². The first-order valence-corrected chi connectivity index (χ1v) is 4.97. The lowest BCUT2D eigenvalue weighted by Crippen LogP contribution is -1.83. The summed E-state index contributed by atoms with van der Waals surface area (Å²) in [6, 6.07) is 3.34. The molecule has 0 fully saturated rings. The van der Waals surface area contributed by atoms with Crippen LogP contribution in [0.4, 0.5) is 8.78 Å². The zero-order valence-corrected chi connectivity index (χ0v) is 7.05. The van der Waals surface area contributed by atoms with Crippen LogP contribution in [0.15, 0.2) is 12.1 Å². The van der Waals surface area contributed by atoms with E-state index >= 15 is 0 Å². The van der Waals surface area contributed by atoms with Crippen molar-refractivity contribution in [3.8, 4) is 0 Å². The molecule has 12 heavy (non-hydrogen) atoms. The summed E-state index contributed by atoms with van der Waals surface area (Å²) in [7, 11) is 0. The minimum Gasteiger partial charge on any atom is -0.196 e. The van der Waals surface area contributed by atoms with Crippen LogP contribution in [0.25, 0.3) is 0 Å². The number of fused-ring (bicyclic) bond motifs is 2. The Balaban J connectivity index is 2.19. The molecule has 2 aliphatic rings. The fourth-order valence-electron chi connectivity index (χ4n) is 1.68. The lowest BCUT2D eigenvalue weighted by molar-refractivity contribution is 0.0989. The molecule has 0 N–H and O–H groups in total. The fourth-order valence-corrected chi connectivity index (χ4v) is 2.76. The van der Waals surface area contributed by atoms with E-state index in [2.05, 4.69) is 0 Å². The van der Waals surface area contributed by atoms with Gasteiger partial charge in [0.05, 0.1) is 0 Å². The first kappa shape index (κ1) is 6.89. The summed E-state index contributed by atoms with van der Waals surface area (Å²) in [5, 5.41) is 0. The Morgan fingerprint density at radius 2 is 1.58 bits per heavy atom. The molecule has 3 heteroatoms. The number of rotatable bonds is 0. The van der Waals surface area contributed by atoms with Crippen molar-refractivity contribution >= 4 is 11.8 Å². The summed E-state index contributed by atoms with van der Waals surface area (Å²) in [6.07, 6.45) is 0. The van der Waals surface area contributed by atoms with Gasteiger partial charge in [0.2, 0.25) is 0 Å². The quantitative estimate of drug-likeness (QED) is 0.597. The molecular formula is C9H6F2S. The van der Waals surface area contributed by atoms with Gasteiger partial charge >= 0.3 is 0 Å². The third-order valence-electron chi connectivity index (χ3n) is 2.47. The number of halogens is 2. The molecule has 1 heterocycles. The summed E-state index contributed by atoms with van der Waals surface area (Å²) in [5.41, 5.74) is 2.72.